The lowest BCUT2D eigenvalue weighted by atomic mass is 10.3. The van der Waals surface area contributed by atoms with Gasteiger partial charge in [-0.1, -0.05) is 0 Å². The fourth-order valence-electron chi connectivity index (χ4n) is 1.80. The van der Waals surface area contributed by atoms with Gasteiger partial charge in [0.25, 0.3) is 0 Å². The number of hydrogen-bond acceptors (Lipinski definition) is 4. The van der Waals surface area contributed by atoms with E-state index in [0.717, 1.165) is 12.3 Å². The molecule has 1 saturated heterocycles. The molecule has 0 spiro atoms. The maximum atomic E-state index is 13.0. The number of nitrogens with zero attached hydrogens (tertiary/aromatic N) is 2. The lowest BCUT2D eigenvalue weighted by molar-refractivity contribution is 0.310. The molecule has 1 aromatic rings. The van der Waals surface area contributed by atoms with Gasteiger partial charge in [-0.25, -0.2) is 12.8 Å². The highest BCUT2D eigenvalue weighted by Gasteiger charge is 2.28. The lowest BCUT2D eigenvalue weighted by Crippen LogP contribution is -2.51. The number of halogens is 2. The van der Waals surface area contributed by atoms with Crippen LogP contribution in [-0.4, -0.2) is 43.4 Å². The van der Waals surface area contributed by atoms with Crippen molar-refractivity contribution in [1.82, 2.24) is 14.6 Å². The quantitative estimate of drug-likeness (QED) is 0.869. The Bertz CT molecular complexity index is 512. The largest absolute Gasteiger partial charge is 0.312 e. The third-order valence-electron chi connectivity index (χ3n) is 2.65. The van der Waals surface area contributed by atoms with Gasteiger partial charge < -0.3 is 5.32 Å². The molecule has 2 heterocycles. The third kappa shape index (κ3) is 3.17. The molecule has 1 N–H and O–H groups in total. The van der Waals surface area contributed by atoms with Gasteiger partial charge in [0, 0.05) is 31.9 Å². The summed E-state index contributed by atoms with van der Waals surface area (Å²) in [4.78, 5) is 3.48. The molecule has 0 aliphatic carbocycles. The zero-order valence-electron chi connectivity index (χ0n) is 9.84. The third-order valence-corrected chi connectivity index (χ3v) is 4.48. The van der Waals surface area contributed by atoms with Crippen molar-refractivity contribution in [3.8, 4) is 0 Å². The average molecular weight is 296 g/mol. The topological polar surface area (TPSA) is 62.3 Å². The van der Waals surface area contributed by atoms with Crippen molar-refractivity contribution >= 4 is 22.4 Å². The van der Waals surface area contributed by atoms with Crippen LogP contribution in [0.5, 0.6) is 0 Å². The second-order valence-corrected chi connectivity index (χ2v) is 6.00. The summed E-state index contributed by atoms with van der Waals surface area (Å²) < 4.78 is 38.7. The molecular weight excluding hydrogens is 281 g/mol. The molecule has 1 aliphatic rings. The van der Waals surface area contributed by atoms with Gasteiger partial charge in [0.1, 0.15) is 10.7 Å². The summed E-state index contributed by atoms with van der Waals surface area (Å²) >= 11 is 0. The van der Waals surface area contributed by atoms with Crippen LogP contribution in [-0.2, 0) is 10.0 Å². The SMILES string of the molecule is CC1CN(S(=O)(=O)c2cncc(F)c2)CCN1.Cl. The van der Waals surface area contributed by atoms with E-state index in [2.05, 4.69) is 10.3 Å². The Morgan fingerprint density at radius 3 is 2.83 bits per heavy atom. The Morgan fingerprint density at radius 1 is 1.50 bits per heavy atom. The Labute approximate surface area is 112 Å². The zero-order chi connectivity index (χ0) is 12.5. The maximum Gasteiger partial charge on any atom is 0.244 e. The zero-order valence-corrected chi connectivity index (χ0v) is 11.5. The number of piperazine rings is 1. The van der Waals surface area contributed by atoms with Crippen molar-refractivity contribution in [3.05, 3.63) is 24.3 Å². The average Bonchev–Trinajstić information content (AvgIpc) is 2.29. The van der Waals surface area contributed by atoms with Crippen LogP contribution in [0, 0.1) is 5.82 Å². The van der Waals surface area contributed by atoms with Crippen molar-refractivity contribution in [2.45, 2.75) is 17.9 Å². The first-order chi connectivity index (χ1) is 8.00. The minimum absolute atomic E-state index is 0. The summed E-state index contributed by atoms with van der Waals surface area (Å²) in [6, 6.07) is 1.09. The molecule has 0 saturated carbocycles. The summed E-state index contributed by atoms with van der Waals surface area (Å²) in [6.45, 7) is 3.29. The van der Waals surface area contributed by atoms with Crippen LogP contribution in [0.2, 0.25) is 0 Å². The minimum atomic E-state index is -3.63. The van der Waals surface area contributed by atoms with E-state index in [9.17, 15) is 12.8 Å². The van der Waals surface area contributed by atoms with Crippen LogP contribution in [0.1, 0.15) is 6.92 Å². The molecule has 0 radical (unpaired) electrons. The summed E-state index contributed by atoms with van der Waals surface area (Å²) in [5.41, 5.74) is 0. The predicted octanol–water partition coefficient (Wildman–Crippen LogP) is 0.625. The highest BCUT2D eigenvalue weighted by molar-refractivity contribution is 7.89. The molecule has 0 bridgehead atoms. The second kappa shape index (κ2) is 5.92. The van der Waals surface area contributed by atoms with Gasteiger partial charge >= 0.3 is 0 Å². The van der Waals surface area contributed by atoms with Gasteiger partial charge in [0.2, 0.25) is 10.0 Å². The van der Waals surface area contributed by atoms with E-state index in [-0.39, 0.29) is 23.3 Å². The highest BCUT2D eigenvalue weighted by atomic mass is 35.5. The normalized spacial score (nSPS) is 21.3. The van der Waals surface area contributed by atoms with Crippen LogP contribution in [0.4, 0.5) is 4.39 Å². The molecule has 1 atom stereocenters. The molecule has 1 unspecified atom stereocenters. The fraction of sp³-hybridized carbons (Fsp3) is 0.500. The number of rotatable bonds is 2. The van der Waals surface area contributed by atoms with E-state index < -0.39 is 15.8 Å². The summed E-state index contributed by atoms with van der Waals surface area (Å²) in [7, 11) is -3.63. The van der Waals surface area contributed by atoms with Gasteiger partial charge in [-0.3, -0.25) is 4.98 Å². The maximum absolute atomic E-state index is 13.0. The molecular formula is C10H15ClFN3O2S. The standard InChI is InChI=1S/C10H14FN3O2S.ClH/c1-8-7-14(3-2-13-8)17(15,16)10-4-9(11)5-12-6-10;/h4-6,8,13H,2-3,7H2,1H3;1H. The monoisotopic (exact) mass is 295 g/mol. The predicted molar refractivity (Wildman–Crippen MR) is 67.7 cm³/mol. The summed E-state index contributed by atoms with van der Waals surface area (Å²) in [6.07, 6.45) is 2.16. The molecule has 102 valence electrons. The molecule has 2 rings (SSSR count). The molecule has 1 fully saturated rings. The smallest absolute Gasteiger partial charge is 0.244 e. The molecule has 1 aliphatic heterocycles. The number of sulfonamides is 1. The molecule has 0 aromatic carbocycles. The van der Waals surface area contributed by atoms with Gasteiger partial charge in [0.15, 0.2) is 0 Å². The van der Waals surface area contributed by atoms with E-state index >= 15 is 0 Å². The van der Waals surface area contributed by atoms with E-state index in [1.165, 1.54) is 10.5 Å². The second-order valence-electron chi connectivity index (χ2n) is 4.06. The van der Waals surface area contributed by atoms with Crippen LogP contribution in [0.15, 0.2) is 23.4 Å². The Hall–Kier alpha value is -0.760. The van der Waals surface area contributed by atoms with Crippen molar-refractivity contribution in [3.63, 3.8) is 0 Å². The Morgan fingerprint density at radius 2 is 2.22 bits per heavy atom. The number of aromatic nitrogens is 1. The lowest BCUT2D eigenvalue weighted by Gasteiger charge is -2.30. The Balaban J connectivity index is 0.00000162. The van der Waals surface area contributed by atoms with Crippen molar-refractivity contribution in [2.24, 2.45) is 0 Å². The van der Waals surface area contributed by atoms with Gasteiger partial charge in [-0.15, -0.1) is 12.4 Å². The van der Waals surface area contributed by atoms with Crippen LogP contribution < -0.4 is 5.32 Å². The summed E-state index contributed by atoms with van der Waals surface area (Å²) in [5, 5.41) is 3.15. The van der Waals surface area contributed by atoms with Gasteiger partial charge in [-0.05, 0) is 13.0 Å². The van der Waals surface area contributed by atoms with E-state index in [4.69, 9.17) is 0 Å². The van der Waals surface area contributed by atoms with Crippen molar-refractivity contribution in [2.75, 3.05) is 19.6 Å². The molecule has 8 heteroatoms. The summed E-state index contributed by atoms with van der Waals surface area (Å²) in [5.74, 6) is -0.644. The Kier molecular flexibility index (Phi) is 5.03. The molecule has 0 amide bonds. The first-order valence-electron chi connectivity index (χ1n) is 5.34. The van der Waals surface area contributed by atoms with E-state index in [1.54, 1.807) is 0 Å². The first-order valence-corrected chi connectivity index (χ1v) is 6.78. The molecule has 1 aromatic heterocycles. The number of hydrogen-bond donors (Lipinski definition) is 1. The fourth-order valence-corrected chi connectivity index (χ4v) is 3.30. The molecule has 18 heavy (non-hydrogen) atoms. The van der Waals surface area contributed by atoms with Crippen molar-refractivity contribution in [1.29, 1.82) is 0 Å². The van der Waals surface area contributed by atoms with Crippen molar-refractivity contribution < 1.29 is 12.8 Å². The van der Waals surface area contributed by atoms with E-state index in [0.29, 0.717) is 19.6 Å². The van der Waals surface area contributed by atoms with Gasteiger partial charge in [-0.2, -0.15) is 4.31 Å². The minimum Gasteiger partial charge on any atom is -0.312 e. The van der Waals surface area contributed by atoms with Gasteiger partial charge in [0.05, 0.1) is 6.20 Å². The molecule has 5 nitrogen and oxygen atoms in total. The van der Waals surface area contributed by atoms with Crippen LogP contribution >= 0.6 is 12.4 Å². The highest BCUT2D eigenvalue weighted by Crippen LogP contribution is 2.16. The first kappa shape index (κ1) is 15.3. The van der Waals surface area contributed by atoms with Crippen LogP contribution in [0.25, 0.3) is 0 Å². The number of nitrogens with one attached hydrogen (secondary N) is 1. The van der Waals surface area contributed by atoms with E-state index in [1.807, 2.05) is 6.92 Å². The van der Waals surface area contributed by atoms with Crippen LogP contribution in [0.3, 0.4) is 0 Å². The number of pyridine rings is 1.